The summed E-state index contributed by atoms with van der Waals surface area (Å²) in [6.07, 6.45) is 3.08. The summed E-state index contributed by atoms with van der Waals surface area (Å²) in [6, 6.07) is 10.6. The van der Waals surface area contributed by atoms with Crippen LogP contribution >= 0.6 is 0 Å². The molecule has 0 aliphatic heterocycles. The van der Waals surface area contributed by atoms with Crippen LogP contribution in [-0.4, -0.2) is 44.0 Å². The van der Waals surface area contributed by atoms with Crippen LogP contribution in [0.1, 0.15) is 27.3 Å². The Hall–Kier alpha value is -1.29. The maximum absolute atomic E-state index is 12.3. The first kappa shape index (κ1) is 29.5. The minimum Gasteiger partial charge on any atom is -0.550 e. The van der Waals surface area contributed by atoms with Crippen LogP contribution in [0.2, 0.25) is 0 Å². The normalized spacial score (nSPS) is 8.96. The Balaban J connectivity index is -0.000000689. The quantitative estimate of drug-likeness (QED) is 0.388. The number of aryl methyl sites for hydroxylation is 1. The van der Waals surface area contributed by atoms with Crippen molar-refractivity contribution < 1.29 is 59.4 Å². The van der Waals surface area contributed by atoms with Gasteiger partial charge in [0, 0.05) is 54.0 Å². The Bertz CT molecular complexity index is 723. The van der Waals surface area contributed by atoms with Gasteiger partial charge in [-0.2, -0.15) is 0 Å². The largest absolute Gasteiger partial charge is 1.00 e. The zero-order valence-electron chi connectivity index (χ0n) is 15.7. The number of hydrogen-bond acceptors (Lipinski definition) is 4. The molecule has 0 radical (unpaired) electrons. The van der Waals surface area contributed by atoms with Crippen molar-refractivity contribution in [2.24, 2.45) is 7.05 Å². The molecule has 1 heterocycles. The molecule has 0 amide bonds. The molecule has 140 valence electrons. The number of rotatable bonds is 4. The van der Waals surface area contributed by atoms with Gasteiger partial charge in [0.05, 0.1) is 5.69 Å². The molecular weight excluding hydrogens is 369 g/mol. The molecule has 2 rings (SSSR count). The van der Waals surface area contributed by atoms with Gasteiger partial charge in [-0.05, 0) is 19.1 Å². The van der Waals surface area contributed by atoms with Gasteiger partial charge in [0.1, 0.15) is 0 Å². The summed E-state index contributed by atoms with van der Waals surface area (Å²) in [5, 5.41) is 10.6. The van der Waals surface area contributed by atoms with Crippen molar-refractivity contribution in [2.75, 3.05) is 12.5 Å². The zero-order chi connectivity index (χ0) is 17.6. The van der Waals surface area contributed by atoms with E-state index in [1.807, 2.05) is 19.1 Å². The van der Waals surface area contributed by atoms with Gasteiger partial charge >= 0.3 is 29.6 Å². The van der Waals surface area contributed by atoms with Gasteiger partial charge in [-0.25, -0.2) is 0 Å². The molecule has 0 aliphatic carbocycles. The average molecular weight is 393 g/mol. The summed E-state index contributed by atoms with van der Waals surface area (Å²) < 4.78 is 11.2. The number of carbonyl (C=O) groups excluding carboxylic acids is 2. The van der Waals surface area contributed by atoms with Crippen LogP contribution in [0.3, 0.4) is 0 Å². The Morgan fingerprint density at radius 1 is 1.04 bits per heavy atom. The standard InChI is InChI=1S/C15H15NO3.C2H6OS.Na.2H2O/c1-10-3-5-11(6-4-10)15(19)13-8-7-12(16(13)2)9-14(17)18;1-4(2)3;;;/h3-8H,9H2,1-2H3,(H,17,18);1-2H3;;2*1H2/q;;+1;;/p-1. The van der Waals surface area contributed by atoms with E-state index in [2.05, 4.69) is 0 Å². The summed E-state index contributed by atoms with van der Waals surface area (Å²) in [5.41, 5.74) is 2.70. The summed E-state index contributed by atoms with van der Waals surface area (Å²) in [4.78, 5) is 22.9. The van der Waals surface area contributed by atoms with Crippen LogP contribution in [0.5, 0.6) is 0 Å². The van der Waals surface area contributed by atoms with Crippen molar-refractivity contribution in [3.05, 3.63) is 58.9 Å². The fourth-order valence-electron chi connectivity index (χ4n) is 1.96. The molecule has 1 aromatic carbocycles. The van der Waals surface area contributed by atoms with Crippen molar-refractivity contribution in [1.29, 1.82) is 0 Å². The first-order valence-corrected chi connectivity index (χ1v) is 8.90. The fraction of sp³-hybridized carbons (Fsp3) is 0.294. The predicted octanol–water partition coefficient (Wildman–Crippen LogP) is -3.79. The number of ketones is 1. The zero-order valence-corrected chi connectivity index (χ0v) is 18.5. The summed E-state index contributed by atoms with van der Waals surface area (Å²) in [7, 11) is 1.07. The summed E-state index contributed by atoms with van der Waals surface area (Å²) in [5.74, 6) is -1.28. The molecule has 2 aromatic rings. The van der Waals surface area contributed by atoms with E-state index in [4.69, 9.17) is 0 Å². The molecule has 0 spiro atoms. The minimum absolute atomic E-state index is 0. The van der Waals surface area contributed by atoms with E-state index >= 15 is 0 Å². The number of carbonyl (C=O) groups is 2. The number of carboxylic acids is 1. The van der Waals surface area contributed by atoms with Gasteiger partial charge in [-0.3, -0.25) is 9.00 Å². The maximum Gasteiger partial charge on any atom is 1.00 e. The van der Waals surface area contributed by atoms with E-state index in [1.165, 1.54) is 0 Å². The molecule has 0 atom stereocenters. The van der Waals surface area contributed by atoms with E-state index in [0.29, 0.717) is 17.0 Å². The second kappa shape index (κ2) is 13.9. The molecule has 1 aromatic heterocycles. The number of nitrogens with zero attached hydrogens (tertiary/aromatic N) is 1. The molecular formula is C17H24NNaO6S. The Labute approximate surface area is 177 Å². The van der Waals surface area contributed by atoms with Crippen molar-refractivity contribution in [1.82, 2.24) is 4.57 Å². The predicted molar refractivity (Wildman–Crippen MR) is 96.0 cm³/mol. The number of aromatic nitrogens is 1. The van der Waals surface area contributed by atoms with E-state index in [0.717, 1.165) is 5.56 Å². The molecule has 9 heteroatoms. The van der Waals surface area contributed by atoms with Crippen molar-refractivity contribution in [3.8, 4) is 0 Å². The van der Waals surface area contributed by atoms with Crippen LogP contribution in [0.15, 0.2) is 36.4 Å². The molecule has 0 aliphatic rings. The SMILES string of the molecule is CS(C)=O.Cc1ccc(C(=O)c2ccc(CC(=O)[O-])n2C)cc1.O.O.[Na+]. The molecule has 26 heavy (non-hydrogen) atoms. The van der Waals surface area contributed by atoms with Gasteiger partial charge < -0.3 is 25.4 Å². The third-order valence-corrected chi connectivity index (χ3v) is 3.10. The fourth-order valence-corrected chi connectivity index (χ4v) is 1.96. The third-order valence-electron chi connectivity index (χ3n) is 3.10. The topological polar surface area (TPSA) is 142 Å². The molecule has 0 bridgehead atoms. The second-order valence-electron chi connectivity index (χ2n) is 5.25. The number of carboxylic acid groups (broad SMARTS) is 1. The van der Waals surface area contributed by atoms with Crippen LogP contribution in [0, 0.1) is 6.92 Å². The van der Waals surface area contributed by atoms with Crippen LogP contribution < -0.4 is 34.7 Å². The van der Waals surface area contributed by atoms with Crippen molar-refractivity contribution >= 4 is 22.6 Å². The Morgan fingerprint density at radius 2 is 1.50 bits per heavy atom. The summed E-state index contributed by atoms with van der Waals surface area (Å²) >= 11 is 0. The van der Waals surface area contributed by atoms with Gasteiger partial charge in [-0.15, -0.1) is 0 Å². The van der Waals surface area contributed by atoms with Gasteiger partial charge in [0.25, 0.3) is 0 Å². The second-order valence-corrected chi connectivity index (χ2v) is 6.74. The van der Waals surface area contributed by atoms with E-state index < -0.39 is 16.8 Å². The van der Waals surface area contributed by atoms with Gasteiger partial charge in [0.2, 0.25) is 5.78 Å². The molecule has 4 N–H and O–H groups in total. The van der Waals surface area contributed by atoms with Crippen molar-refractivity contribution in [3.63, 3.8) is 0 Å². The molecule has 0 fully saturated rings. The minimum atomic E-state index is -1.16. The molecule has 0 saturated carbocycles. The van der Waals surface area contributed by atoms with Crippen molar-refractivity contribution in [2.45, 2.75) is 13.3 Å². The molecule has 7 nitrogen and oxygen atoms in total. The molecule has 0 saturated heterocycles. The molecule has 0 unspecified atom stereocenters. The Morgan fingerprint density at radius 3 is 1.92 bits per heavy atom. The van der Waals surface area contributed by atoms with E-state index in [-0.39, 0.29) is 52.7 Å². The van der Waals surface area contributed by atoms with E-state index in [9.17, 15) is 18.9 Å². The van der Waals surface area contributed by atoms with Gasteiger partial charge in [-0.1, -0.05) is 29.8 Å². The third kappa shape index (κ3) is 9.42. The first-order valence-electron chi connectivity index (χ1n) is 6.93. The number of hydrogen-bond donors (Lipinski definition) is 0. The number of benzene rings is 1. The number of aliphatic carboxylic acids is 1. The monoisotopic (exact) mass is 393 g/mol. The Kier molecular flexibility index (Phi) is 15.7. The van der Waals surface area contributed by atoms with Crippen LogP contribution in [0.25, 0.3) is 0 Å². The smallest absolute Gasteiger partial charge is 0.550 e. The van der Waals surface area contributed by atoms with Crippen LogP contribution in [-0.2, 0) is 29.1 Å². The van der Waals surface area contributed by atoms with E-state index in [1.54, 1.807) is 48.4 Å². The summed E-state index contributed by atoms with van der Waals surface area (Å²) in [6.45, 7) is 1.95. The maximum atomic E-state index is 12.3. The first-order chi connectivity index (χ1) is 10.7. The van der Waals surface area contributed by atoms with Crippen LogP contribution in [0.4, 0.5) is 0 Å². The van der Waals surface area contributed by atoms with Gasteiger partial charge in [0.15, 0.2) is 0 Å². The average Bonchev–Trinajstić information content (AvgIpc) is 2.79.